The number of hydrogen-bond acceptors (Lipinski definition) is 5. The zero-order valence-electron chi connectivity index (χ0n) is 15.9. The summed E-state index contributed by atoms with van der Waals surface area (Å²) >= 11 is 0. The first-order chi connectivity index (χ1) is 14.0. The quantitative estimate of drug-likeness (QED) is 0.469. The molecule has 8 nitrogen and oxygen atoms in total. The predicted molar refractivity (Wildman–Crippen MR) is 108 cm³/mol. The van der Waals surface area contributed by atoms with Gasteiger partial charge in [-0.15, -0.1) is 0 Å². The first-order valence-corrected chi connectivity index (χ1v) is 8.98. The summed E-state index contributed by atoms with van der Waals surface area (Å²) in [6.45, 7) is 3.75. The fourth-order valence-electron chi connectivity index (χ4n) is 2.82. The van der Waals surface area contributed by atoms with E-state index in [-0.39, 0.29) is 5.69 Å². The molecule has 0 saturated carbocycles. The number of amides is 2. The van der Waals surface area contributed by atoms with Crippen molar-refractivity contribution in [2.24, 2.45) is 0 Å². The summed E-state index contributed by atoms with van der Waals surface area (Å²) < 4.78 is 0. The molecule has 4 aromatic rings. The van der Waals surface area contributed by atoms with Crippen LogP contribution in [0.2, 0.25) is 0 Å². The number of aromatic amines is 1. The van der Waals surface area contributed by atoms with Gasteiger partial charge in [-0.2, -0.15) is 5.10 Å². The van der Waals surface area contributed by atoms with Gasteiger partial charge in [-0.25, -0.2) is 9.97 Å². The highest BCUT2D eigenvalue weighted by molar-refractivity contribution is 6.00. The Kier molecular flexibility index (Phi) is 4.74. The molecule has 0 bridgehead atoms. The lowest BCUT2D eigenvalue weighted by molar-refractivity contribution is 0.0844. The predicted octanol–water partition coefficient (Wildman–Crippen LogP) is 2.71. The van der Waals surface area contributed by atoms with Crippen LogP contribution in [0.3, 0.4) is 0 Å². The van der Waals surface area contributed by atoms with Crippen LogP contribution in [0.15, 0.2) is 54.6 Å². The van der Waals surface area contributed by atoms with E-state index in [0.29, 0.717) is 22.3 Å². The third kappa shape index (κ3) is 3.81. The molecule has 0 aliphatic carbocycles. The summed E-state index contributed by atoms with van der Waals surface area (Å²) in [5.74, 6) is -0.955. The molecule has 144 valence electrons. The number of fused-ring (bicyclic) bond motifs is 1. The van der Waals surface area contributed by atoms with Crippen molar-refractivity contribution < 1.29 is 9.59 Å². The van der Waals surface area contributed by atoms with Gasteiger partial charge in [0.25, 0.3) is 11.8 Å². The SMILES string of the molecule is Cc1nc2ccc(C(=O)NNC(=O)c3cc(-c4ccccc4)n[nH]3)cc2nc1C. The van der Waals surface area contributed by atoms with Crippen molar-refractivity contribution in [3.63, 3.8) is 0 Å². The maximum Gasteiger partial charge on any atom is 0.287 e. The van der Waals surface area contributed by atoms with Gasteiger partial charge in [0.2, 0.25) is 0 Å². The number of benzene rings is 2. The Balaban J connectivity index is 1.44. The Morgan fingerprint density at radius 3 is 2.28 bits per heavy atom. The Hall–Kier alpha value is -4.07. The highest BCUT2D eigenvalue weighted by Gasteiger charge is 2.13. The molecule has 4 rings (SSSR count). The first kappa shape index (κ1) is 18.3. The summed E-state index contributed by atoms with van der Waals surface area (Å²) in [5, 5.41) is 6.80. The lowest BCUT2D eigenvalue weighted by Gasteiger charge is -2.07. The second-order valence-corrected chi connectivity index (χ2v) is 6.54. The standard InChI is InChI=1S/C21H18N6O2/c1-12-13(2)23-18-10-15(8-9-16(18)22-12)20(28)26-27-21(29)19-11-17(24-25-19)14-6-4-3-5-7-14/h3-11H,1-2H3,(H,24,25)(H,26,28)(H,27,29). The topological polar surface area (TPSA) is 113 Å². The van der Waals surface area contributed by atoms with Crippen molar-refractivity contribution in [1.29, 1.82) is 0 Å². The van der Waals surface area contributed by atoms with Crippen molar-refractivity contribution in [2.75, 3.05) is 0 Å². The Bertz CT molecular complexity index is 1220. The van der Waals surface area contributed by atoms with Crippen molar-refractivity contribution >= 4 is 22.8 Å². The summed E-state index contributed by atoms with van der Waals surface area (Å²) in [7, 11) is 0. The first-order valence-electron chi connectivity index (χ1n) is 8.98. The Morgan fingerprint density at radius 2 is 1.52 bits per heavy atom. The molecular formula is C21H18N6O2. The Labute approximate surface area is 166 Å². The molecule has 2 aromatic heterocycles. The van der Waals surface area contributed by atoms with Gasteiger partial charge in [0.05, 0.1) is 28.1 Å². The van der Waals surface area contributed by atoms with Gasteiger partial charge in [-0.3, -0.25) is 25.5 Å². The molecule has 0 fully saturated rings. The van der Waals surface area contributed by atoms with Crippen LogP contribution in [0, 0.1) is 13.8 Å². The highest BCUT2D eigenvalue weighted by atomic mass is 16.2. The van der Waals surface area contributed by atoms with Crippen molar-refractivity contribution in [3.05, 3.63) is 77.2 Å². The van der Waals surface area contributed by atoms with Crippen LogP contribution < -0.4 is 10.9 Å². The molecule has 0 atom stereocenters. The average molecular weight is 386 g/mol. The number of carbonyl (C=O) groups is 2. The number of carbonyl (C=O) groups excluding carboxylic acids is 2. The third-order valence-electron chi connectivity index (χ3n) is 4.52. The van der Waals surface area contributed by atoms with Crippen LogP contribution in [0.4, 0.5) is 0 Å². The fourth-order valence-corrected chi connectivity index (χ4v) is 2.82. The van der Waals surface area contributed by atoms with E-state index in [1.54, 1.807) is 24.3 Å². The zero-order valence-corrected chi connectivity index (χ0v) is 15.9. The number of nitrogens with zero attached hydrogens (tertiary/aromatic N) is 3. The molecule has 0 saturated heterocycles. The minimum Gasteiger partial charge on any atom is -0.272 e. The van der Waals surface area contributed by atoms with Gasteiger partial charge in [0.1, 0.15) is 5.69 Å². The van der Waals surface area contributed by atoms with E-state index in [1.165, 1.54) is 0 Å². The Morgan fingerprint density at radius 1 is 0.828 bits per heavy atom. The minimum atomic E-state index is -0.500. The molecule has 2 heterocycles. The molecule has 3 N–H and O–H groups in total. The normalized spacial score (nSPS) is 10.7. The number of hydrogen-bond donors (Lipinski definition) is 3. The number of aromatic nitrogens is 4. The molecule has 8 heteroatoms. The van der Waals surface area contributed by atoms with Crippen LogP contribution in [-0.2, 0) is 0 Å². The number of aryl methyl sites for hydroxylation is 2. The number of nitrogens with one attached hydrogen (secondary N) is 3. The van der Waals surface area contributed by atoms with Gasteiger partial charge in [-0.1, -0.05) is 30.3 Å². The van der Waals surface area contributed by atoms with Crippen molar-refractivity contribution in [1.82, 2.24) is 31.0 Å². The van der Waals surface area contributed by atoms with E-state index >= 15 is 0 Å². The van der Waals surface area contributed by atoms with E-state index in [2.05, 4.69) is 31.0 Å². The van der Waals surface area contributed by atoms with E-state index in [9.17, 15) is 9.59 Å². The summed E-state index contributed by atoms with van der Waals surface area (Å²) in [5.41, 5.74) is 9.89. The molecule has 0 radical (unpaired) electrons. The second-order valence-electron chi connectivity index (χ2n) is 6.54. The van der Waals surface area contributed by atoms with Crippen LogP contribution in [-0.4, -0.2) is 32.0 Å². The number of H-pyrrole nitrogens is 1. The summed E-state index contributed by atoms with van der Waals surface area (Å²) in [6.07, 6.45) is 0. The lowest BCUT2D eigenvalue weighted by Crippen LogP contribution is -2.41. The molecule has 0 unspecified atom stereocenters. The maximum atomic E-state index is 12.4. The molecule has 29 heavy (non-hydrogen) atoms. The second kappa shape index (κ2) is 7.51. The van der Waals surface area contributed by atoms with Crippen molar-refractivity contribution in [3.8, 4) is 11.3 Å². The van der Waals surface area contributed by atoms with Crippen LogP contribution in [0.25, 0.3) is 22.3 Å². The van der Waals surface area contributed by atoms with E-state index in [0.717, 1.165) is 17.0 Å². The van der Waals surface area contributed by atoms with Crippen molar-refractivity contribution in [2.45, 2.75) is 13.8 Å². The largest absolute Gasteiger partial charge is 0.287 e. The number of rotatable bonds is 3. The zero-order chi connectivity index (χ0) is 20.4. The van der Waals surface area contributed by atoms with Crippen LogP contribution >= 0.6 is 0 Å². The smallest absolute Gasteiger partial charge is 0.272 e. The summed E-state index contributed by atoms with van der Waals surface area (Å²) in [4.78, 5) is 33.6. The molecule has 0 aliphatic rings. The van der Waals surface area contributed by atoms with Crippen LogP contribution in [0.5, 0.6) is 0 Å². The van der Waals surface area contributed by atoms with E-state index in [1.807, 2.05) is 44.2 Å². The van der Waals surface area contributed by atoms with Gasteiger partial charge < -0.3 is 0 Å². The molecule has 2 aromatic carbocycles. The highest BCUT2D eigenvalue weighted by Crippen LogP contribution is 2.17. The van der Waals surface area contributed by atoms with E-state index in [4.69, 9.17) is 0 Å². The lowest BCUT2D eigenvalue weighted by atomic mass is 10.1. The molecule has 2 amide bonds. The minimum absolute atomic E-state index is 0.236. The third-order valence-corrected chi connectivity index (χ3v) is 4.52. The van der Waals surface area contributed by atoms with Gasteiger partial charge in [0, 0.05) is 11.1 Å². The molecular weight excluding hydrogens is 368 g/mol. The molecule has 0 aliphatic heterocycles. The van der Waals surface area contributed by atoms with Gasteiger partial charge >= 0.3 is 0 Å². The summed E-state index contributed by atoms with van der Waals surface area (Å²) in [6, 6.07) is 16.1. The van der Waals surface area contributed by atoms with Crippen LogP contribution in [0.1, 0.15) is 32.2 Å². The fraction of sp³-hybridized carbons (Fsp3) is 0.0952. The monoisotopic (exact) mass is 386 g/mol. The average Bonchev–Trinajstić information content (AvgIpc) is 3.23. The number of hydrazine groups is 1. The molecule has 0 spiro atoms. The van der Waals surface area contributed by atoms with Gasteiger partial charge in [-0.05, 0) is 38.1 Å². The van der Waals surface area contributed by atoms with Gasteiger partial charge in [0.15, 0.2) is 0 Å². The van der Waals surface area contributed by atoms with E-state index < -0.39 is 11.8 Å². The maximum absolute atomic E-state index is 12.4.